The minimum Gasteiger partial charge on any atom is -0.309 e. The first-order chi connectivity index (χ1) is 42.1. The molecule has 0 N–H and O–H groups in total. The first-order valence-corrected chi connectivity index (χ1v) is 26.6. The number of para-hydroxylation sites is 4. The van der Waals surface area contributed by atoms with E-state index < -0.39 is 36.3 Å². The second kappa shape index (κ2) is 17.1. The van der Waals surface area contributed by atoms with Gasteiger partial charge in [0, 0.05) is 65.6 Å². The third-order valence-corrected chi connectivity index (χ3v) is 16.0. The molecule has 15 aromatic rings. The Kier molecular flexibility index (Phi) is 8.00. The van der Waals surface area contributed by atoms with Gasteiger partial charge < -0.3 is 18.6 Å². The number of rotatable bonds is 8. The van der Waals surface area contributed by atoms with Crippen molar-refractivity contribution in [3.8, 4) is 22.3 Å². The third kappa shape index (κ3) is 6.85. The lowest BCUT2D eigenvalue weighted by Gasteiger charge is -2.29. The molecule has 11 aromatic carbocycles. The molecule has 4 heteroatoms. The largest absolute Gasteiger partial charge is 0.309 e. The number of nitrogens with zero attached hydrogens (tertiary/aromatic N) is 4. The molecule has 0 amide bonds. The maximum atomic E-state index is 9.20. The monoisotopic (exact) mass is 1010 g/mol. The zero-order valence-electron chi connectivity index (χ0n) is 54.1. The highest BCUT2D eigenvalue weighted by Crippen LogP contribution is 2.53. The fourth-order valence-electron chi connectivity index (χ4n) is 12.4. The molecule has 4 nitrogen and oxygen atoms in total. The minimum absolute atomic E-state index is 0.124. The van der Waals surface area contributed by atoms with E-state index in [9.17, 15) is 5.48 Å². The summed E-state index contributed by atoms with van der Waals surface area (Å²) in [5.41, 5.74) is 14.0. The second-order valence-corrected chi connectivity index (χ2v) is 22.6. The molecule has 0 fully saturated rings. The van der Waals surface area contributed by atoms with Crippen molar-refractivity contribution in [1.82, 2.24) is 8.80 Å². The molecular weight excluding hydrogens is 945 g/mol. The topological polar surface area (TPSA) is 15.3 Å². The Bertz CT molecular complexity index is 5030. The normalized spacial score (nSPS) is 14.3. The van der Waals surface area contributed by atoms with Gasteiger partial charge in [0.05, 0.1) is 69.6 Å². The Morgan fingerprint density at radius 1 is 0.333 bits per heavy atom. The lowest BCUT2D eigenvalue weighted by atomic mass is 9.86. The van der Waals surface area contributed by atoms with Crippen LogP contribution in [0.4, 0.5) is 34.1 Å². The van der Waals surface area contributed by atoms with Crippen molar-refractivity contribution >= 4 is 110 Å². The average Bonchev–Trinajstić information content (AvgIpc) is 1.72. The molecule has 0 bridgehead atoms. The first-order valence-electron chi connectivity index (χ1n) is 31.6. The van der Waals surface area contributed by atoms with Gasteiger partial charge in [-0.25, -0.2) is 0 Å². The predicted octanol–water partition coefficient (Wildman–Crippen LogP) is 20.9. The molecule has 15 rings (SSSR count). The molecule has 0 aliphatic carbocycles. The van der Waals surface area contributed by atoms with E-state index in [0.29, 0.717) is 22.5 Å². The van der Waals surface area contributed by atoms with Crippen molar-refractivity contribution in [2.45, 2.75) is 52.4 Å². The summed E-state index contributed by atoms with van der Waals surface area (Å²) in [7, 11) is 0. The van der Waals surface area contributed by atoms with Crippen molar-refractivity contribution in [3.63, 3.8) is 0 Å². The molecule has 0 atom stereocenters. The number of aromatic nitrogens is 2. The fraction of sp³-hybridized carbons (Fsp3) is 0.108. The highest BCUT2D eigenvalue weighted by Gasteiger charge is 2.30. The molecule has 0 aliphatic rings. The Labute approximate surface area is 469 Å². The summed E-state index contributed by atoms with van der Waals surface area (Å²) in [5, 5.41) is 8.34. The Balaban J connectivity index is 1.04. The van der Waals surface area contributed by atoms with Crippen LogP contribution in [-0.4, -0.2) is 8.80 Å². The van der Waals surface area contributed by atoms with Gasteiger partial charge in [0.1, 0.15) is 0 Å². The quantitative estimate of drug-likeness (QED) is 0.151. The smallest absolute Gasteiger partial charge is 0.0641 e. The van der Waals surface area contributed by atoms with Crippen molar-refractivity contribution in [2.24, 2.45) is 0 Å². The van der Waals surface area contributed by atoms with E-state index in [1.54, 1.807) is 0 Å². The van der Waals surface area contributed by atoms with Crippen LogP contribution in [0, 0.1) is 0 Å². The Morgan fingerprint density at radius 3 is 1.12 bits per heavy atom. The van der Waals surface area contributed by atoms with Crippen LogP contribution >= 0.6 is 0 Å². The van der Waals surface area contributed by atoms with E-state index in [0.717, 1.165) is 98.9 Å². The average molecular weight is 1010 g/mol. The zero-order chi connectivity index (χ0) is 61.3. The molecule has 4 heterocycles. The van der Waals surface area contributed by atoms with Crippen molar-refractivity contribution < 1.29 is 13.7 Å². The highest BCUT2D eigenvalue weighted by atomic mass is 15.2. The molecule has 0 spiro atoms. The van der Waals surface area contributed by atoms with Gasteiger partial charge in [-0.2, -0.15) is 0 Å². The molecule has 0 aliphatic heterocycles. The van der Waals surface area contributed by atoms with Crippen LogP contribution in [-0.2, 0) is 10.8 Å². The number of hydrogen-bond acceptors (Lipinski definition) is 2. The summed E-state index contributed by atoms with van der Waals surface area (Å²) in [6.45, 7) is 13.4. The maximum absolute atomic E-state index is 9.20. The SMILES string of the molecule is [2H]c1c([2H])c([2H])c(-c2ccccc2N(c2ccccc2)c2ccc3c4cc5c(cc4n4c6ccc(C(C)(C)C)cc6c2c34)c2ccc(N(c3ccccc3)c3ccccc3-c3c([2H])c([2H])c([2H])c([2H])c3[2H])c3c4cc(C(C)(C)C)ccc4n5c23)c([2H])c1[2H]. The Morgan fingerprint density at radius 2 is 0.718 bits per heavy atom. The molecule has 0 unspecified atom stereocenters. The standard InChI is InChI=1S/C74H58N4/c1-73(2,3)49-35-39-63-59(43-49)69-65(75(51-27-15-9-16-28-51)61-33-21-19-31-53(61)47-23-11-7-12-24-47)41-37-55-57-46-68-58(45-67(57)77(63)71(55)69)56-38-42-66(70-60-44-50(74(4,5)6)36-40-64(60)78(68)72(56)70)76(52-29-17-10-18-30-52)62-34-22-20-32-54(62)48-25-13-8-14-26-48/h7-46H,1-6H3/i7D,8D,11D,12D,13D,14D,23D,24D,25D,26D. The van der Waals surface area contributed by atoms with Crippen LogP contribution in [0.5, 0.6) is 0 Å². The zero-order valence-corrected chi connectivity index (χ0v) is 44.1. The fourth-order valence-corrected chi connectivity index (χ4v) is 12.4. The van der Waals surface area contributed by atoms with Gasteiger partial charge in [-0.15, -0.1) is 0 Å². The van der Waals surface area contributed by atoms with Crippen LogP contribution < -0.4 is 9.80 Å². The van der Waals surface area contributed by atoms with Crippen LogP contribution in [0.15, 0.2) is 242 Å². The lowest BCUT2D eigenvalue weighted by Crippen LogP contribution is -2.12. The van der Waals surface area contributed by atoms with Gasteiger partial charge in [0.25, 0.3) is 0 Å². The molecule has 78 heavy (non-hydrogen) atoms. The minimum atomic E-state index is -0.443. The first kappa shape index (κ1) is 36.6. The van der Waals surface area contributed by atoms with Crippen molar-refractivity contribution in [1.29, 1.82) is 0 Å². The van der Waals surface area contributed by atoms with E-state index in [4.69, 9.17) is 8.22 Å². The van der Waals surface area contributed by atoms with Crippen molar-refractivity contribution in [2.75, 3.05) is 9.80 Å². The summed E-state index contributed by atoms with van der Waals surface area (Å²) in [5.74, 6) is 0. The number of anilines is 6. The second-order valence-electron chi connectivity index (χ2n) is 22.6. The Hall–Kier alpha value is -9.38. The van der Waals surface area contributed by atoms with Crippen LogP contribution in [0.25, 0.3) is 98.4 Å². The summed E-state index contributed by atoms with van der Waals surface area (Å²) in [4.78, 5) is 4.35. The van der Waals surface area contributed by atoms with Gasteiger partial charge in [-0.3, -0.25) is 0 Å². The molecule has 0 saturated carbocycles. The lowest BCUT2D eigenvalue weighted by molar-refractivity contribution is 0.591. The summed E-state index contributed by atoms with van der Waals surface area (Å²) < 4.78 is 93.6. The summed E-state index contributed by atoms with van der Waals surface area (Å²) in [6.07, 6.45) is 0. The molecule has 0 saturated heterocycles. The van der Waals surface area contributed by atoms with Gasteiger partial charge in [-0.05, 0) is 118 Å². The molecular formula is C74H58N4. The van der Waals surface area contributed by atoms with E-state index in [-0.39, 0.29) is 46.1 Å². The number of hydrogen-bond donors (Lipinski definition) is 0. The van der Waals surface area contributed by atoms with Gasteiger partial charge >= 0.3 is 0 Å². The van der Waals surface area contributed by atoms with Crippen molar-refractivity contribution in [3.05, 3.63) is 254 Å². The summed E-state index contributed by atoms with van der Waals surface area (Å²) >= 11 is 0. The molecule has 374 valence electrons. The van der Waals surface area contributed by atoms with Gasteiger partial charge in [0.15, 0.2) is 0 Å². The van der Waals surface area contributed by atoms with Crippen LogP contribution in [0.3, 0.4) is 0 Å². The van der Waals surface area contributed by atoms with Gasteiger partial charge in [-0.1, -0.05) is 199 Å². The van der Waals surface area contributed by atoms with Crippen LogP contribution in [0.2, 0.25) is 0 Å². The molecule has 4 aromatic heterocycles. The van der Waals surface area contributed by atoms with Crippen LogP contribution in [0.1, 0.15) is 66.4 Å². The third-order valence-electron chi connectivity index (χ3n) is 16.0. The molecule has 0 radical (unpaired) electrons. The predicted molar refractivity (Wildman–Crippen MR) is 333 cm³/mol. The van der Waals surface area contributed by atoms with Gasteiger partial charge in [0.2, 0.25) is 0 Å². The van der Waals surface area contributed by atoms with E-state index in [2.05, 4.69) is 133 Å². The number of benzene rings is 11. The van der Waals surface area contributed by atoms with E-state index >= 15 is 0 Å². The highest BCUT2D eigenvalue weighted by molar-refractivity contribution is 6.32. The summed E-state index contributed by atoms with van der Waals surface area (Å²) in [6, 6.07) is 58.8. The maximum Gasteiger partial charge on any atom is 0.0641 e. The van der Waals surface area contributed by atoms with E-state index in [1.165, 1.54) is 11.1 Å². The van der Waals surface area contributed by atoms with E-state index in [1.807, 2.05) is 109 Å². The number of fused-ring (bicyclic) bond motifs is 12.